The minimum atomic E-state index is -0.781. The topological polar surface area (TPSA) is 92.1 Å². The van der Waals surface area contributed by atoms with Gasteiger partial charge in [0.2, 0.25) is 0 Å². The molecule has 0 atom stereocenters. The Morgan fingerprint density at radius 1 is 1.30 bits per heavy atom. The van der Waals surface area contributed by atoms with E-state index < -0.39 is 22.4 Å². The number of hydroxylamine groups is 1. The molecule has 0 unspecified atom stereocenters. The van der Waals surface area contributed by atoms with E-state index in [9.17, 15) is 18.4 Å². The molecule has 3 rings (SSSR count). The van der Waals surface area contributed by atoms with Crippen molar-refractivity contribution < 1.29 is 23.5 Å². The molecule has 0 fully saturated rings. The maximum Gasteiger partial charge on any atom is 0.279 e. The number of fused-ring (bicyclic) bond motifs is 1. The first-order valence-corrected chi connectivity index (χ1v) is 9.40. The number of nitrogens with zero attached hydrogens (tertiary/aromatic N) is 1. The number of hydrogen-bond donors (Lipinski definition) is 3. The van der Waals surface area contributed by atoms with Gasteiger partial charge in [-0.15, -0.1) is 0 Å². The summed E-state index contributed by atoms with van der Waals surface area (Å²) in [6, 6.07) is 5.45. The highest BCUT2D eigenvalue weighted by Crippen LogP contribution is 2.29. The Morgan fingerprint density at radius 2 is 2.07 bits per heavy atom. The average molecular weight is 507 g/mol. The zero-order chi connectivity index (χ0) is 19.6. The standard InChI is InChI=1S/C16H12F2IN3O4S/c17-9-5-8(19)1-2-10(9)20-11-6-13(24)22-7-12(18)27-16(22)14(11)15(25)21-26-4-3-23/h1-2,5-7,20,23H,3-4H2,(H,21,25). The molecule has 1 amide bonds. The Bertz CT molecular complexity index is 1070. The number of aliphatic hydroxyl groups is 1. The van der Waals surface area contributed by atoms with Gasteiger partial charge in [0.15, 0.2) is 5.13 Å². The van der Waals surface area contributed by atoms with Crippen LogP contribution in [0.2, 0.25) is 0 Å². The second-order valence-corrected chi connectivity index (χ2v) is 7.46. The summed E-state index contributed by atoms with van der Waals surface area (Å²) in [4.78, 5) is 29.6. The van der Waals surface area contributed by atoms with E-state index in [0.717, 1.165) is 16.7 Å². The average Bonchev–Trinajstić information content (AvgIpc) is 2.99. The number of benzene rings is 1. The van der Waals surface area contributed by atoms with Crippen LogP contribution in [-0.4, -0.2) is 28.6 Å². The Hall–Kier alpha value is -2.09. The summed E-state index contributed by atoms with van der Waals surface area (Å²) in [6.07, 6.45) is 0.961. The first kappa shape index (κ1) is 19.7. The van der Waals surface area contributed by atoms with Crippen molar-refractivity contribution in [3.63, 3.8) is 0 Å². The number of aliphatic hydroxyl groups excluding tert-OH is 1. The van der Waals surface area contributed by atoms with Gasteiger partial charge in [-0.05, 0) is 40.8 Å². The number of aromatic nitrogens is 1. The molecule has 0 radical (unpaired) electrons. The Labute approximate surface area is 168 Å². The summed E-state index contributed by atoms with van der Waals surface area (Å²) >= 11 is 2.53. The summed E-state index contributed by atoms with van der Waals surface area (Å²) in [5.74, 6) is -1.36. The normalized spacial score (nSPS) is 11.0. The smallest absolute Gasteiger partial charge is 0.279 e. The van der Waals surface area contributed by atoms with Crippen molar-refractivity contribution in [3.8, 4) is 0 Å². The van der Waals surface area contributed by atoms with Crippen LogP contribution >= 0.6 is 33.9 Å². The zero-order valence-electron chi connectivity index (χ0n) is 13.5. The Kier molecular flexibility index (Phi) is 6.04. The van der Waals surface area contributed by atoms with Crippen LogP contribution in [0, 0.1) is 14.5 Å². The molecule has 0 aliphatic rings. The van der Waals surface area contributed by atoms with Crippen LogP contribution in [0.25, 0.3) is 4.83 Å². The third kappa shape index (κ3) is 4.26. The van der Waals surface area contributed by atoms with Crippen LogP contribution in [0.5, 0.6) is 0 Å². The highest BCUT2D eigenvalue weighted by atomic mass is 127. The van der Waals surface area contributed by atoms with Gasteiger partial charge in [0.1, 0.15) is 10.6 Å². The number of halogens is 3. The largest absolute Gasteiger partial charge is 0.394 e. The predicted octanol–water partition coefficient (Wildman–Crippen LogP) is 2.64. The molecule has 3 N–H and O–H groups in total. The van der Waals surface area contributed by atoms with Crippen molar-refractivity contribution in [2.45, 2.75) is 0 Å². The molecule has 0 aliphatic heterocycles. The minimum absolute atomic E-state index is 0.00735. The van der Waals surface area contributed by atoms with E-state index in [2.05, 4.69) is 10.8 Å². The number of pyridine rings is 1. The van der Waals surface area contributed by atoms with E-state index in [1.54, 1.807) is 6.07 Å². The first-order valence-electron chi connectivity index (χ1n) is 7.50. The lowest BCUT2D eigenvalue weighted by Crippen LogP contribution is -2.27. The van der Waals surface area contributed by atoms with E-state index in [1.807, 2.05) is 22.6 Å². The number of rotatable bonds is 6. The van der Waals surface area contributed by atoms with Crippen LogP contribution < -0.4 is 16.4 Å². The molecule has 142 valence electrons. The van der Waals surface area contributed by atoms with Crippen LogP contribution in [0.15, 0.2) is 35.3 Å². The third-order valence-electron chi connectivity index (χ3n) is 3.42. The van der Waals surface area contributed by atoms with E-state index in [0.29, 0.717) is 14.9 Å². The molecule has 7 nitrogen and oxygen atoms in total. The van der Waals surface area contributed by atoms with E-state index in [4.69, 9.17) is 9.94 Å². The Balaban J connectivity index is 2.11. The molecule has 0 saturated heterocycles. The summed E-state index contributed by atoms with van der Waals surface area (Å²) in [7, 11) is 0. The number of thiazole rings is 1. The van der Waals surface area contributed by atoms with Crippen molar-refractivity contribution in [1.29, 1.82) is 0 Å². The maximum atomic E-state index is 14.2. The molecule has 0 aliphatic carbocycles. The van der Waals surface area contributed by atoms with E-state index in [1.165, 1.54) is 12.1 Å². The van der Waals surface area contributed by atoms with Crippen LogP contribution in [0.3, 0.4) is 0 Å². The molecule has 1 aromatic carbocycles. The van der Waals surface area contributed by atoms with Crippen LogP contribution in [0.1, 0.15) is 10.4 Å². The third-order valence-corrected chi connectivity index (χ3v) is 4.98. The highest BCUT2D eigenvalue weighted by molar-refractivity contribution is 14.1. The van der Waals surface area contributed by atoms with Gasteiger partial charge in [-0.1, -0.05) is 11.3 Å². The number of hydrogen-bond acceptors (Lipinski definition) is 6. The first-order chi connectivity index (χ1) is 12.9. The van der Waals surface area contributed by atoms with Crippen molar-refractivity contribution in [3.05, 3.63) is 60.9 Å². The number of anilines is 2. The number of carbonyl (C=O) groups excluding carboxylic acids is 1. The summed E-state index contributed by atoms with van der Waals surface area (Å²) in [5, 5.41) is 10.8. The quantitative estimate of drug-likeness (QED) is 0.271. The van der Waals surface area contributed by atoms with E-state index in [-0.39, 0.29) is 35.0 Å². The van der Waals surface area contributed by atoms with Crippen molar-refractivity contribution in [2.24, 2.45) is 0 Å². The molecule has 27 heavy (non-hydrogen) atoms. The maximum absolute atomic E-state index is 14.2. The van der Waals surface area contributed by atoms with E-state index >= 15 is 0 Å². The minimum Gasteiger partial charge on any atom is -0.394 e. The lowest BCUT2D eigenvalue weighted by Gasteiger charge is -2.13. The number of nitrogens with one attached hydrogen (secondary N) is 2. The molecule has 11 heteroatoms. The molecule has 0 bridgehead atoms. The lowest BCUT2D eigenvalue weighted by atomic mass is 10.2. The summed E-state index contributed by atoms with van der Waals surface area (Å²) in [6.45, 7) is -0.481. The van der Waals surface area contributed by atoms with Gasteiger partial charge in [-0.25, -0.2) is 9.87 Å². The zero-order valence-corrected chi connectivity index (χ0v) is 16.4. The molecular weight excluding hydrogens is 495 g/mol. The second kappa shape index (κ2) is 8.29. The molecule has 2 aromatic heterocycles. The van der Waals surface area contributed by atoms with Crippen molar-refractivity contribution in [2.75, 3.05) is 18.5 Å². The monoisotopic (exact) mass is 507 g/mol. The van der Waals surface area contributed by atoms with Gasteiger partial charge in [0.25, 0.3) is 11.5 Å². The van der Waals surface area contributed by atoms with Gasteiger partial charge < -0.3 is 10.4 Å². The molecule has 2 heterocycles. The number of amides is 1. The SMILES string of the molecule is O=C(NOCCO)c1c(Nc2ccc(I)cc2F)cc(=O)n2cc(F)sc12. The molecule has 0 spiro atoms. The fraction of sp³-hybridized carbons (Fsp3) is 0.125. The fourth-order valence-electron chi connectivity index (χ4n) is 2.31. The molecule has 3 aromatic rings. The Morgan fingerprint density at radius 3 is 2.78 bits per heavy atom. The molecule has 0 saturated carbocycles. The number of carbonyl (C=O) groups is 1. The predicted molar refractivity (Wildman–Crippen MR) is 104 cm³/mol. The lowest BCUT2D eigenvalue weighted by molar-refractivity contribution is 0.0170. The van der Waals surface area contributed by atoms with Crippen LogP contribution in [-0.2, 0) is 4.84 Å². The van der Waals surface area contributed by atoms with Gasteiger partial charge >= 0.3 is 0 Å². The molecular formula is C16H12F2IN3O4S. The van der Waals surface area contributed by atoms with Gasteiger partial charge in [-0.2, -0.15) is 4.39 Å². The van der Waals surface area contributed by atoms with Gasteiger partial charge in [-0.3, -0.25) is 18.8 Å². The fourth-order valence-corrected chi connectivity index (χ4v) is 3.65. The van der Waals surface area contributed by atoms with Crippen molar-refractivity contribution >= 4 is 56.0 Å². The second-order valence-electron chi connectivity index (χ2n) is 5.23. The van der Waals surface area contributed by atoms with Gasteiger partial charge in [0, 0.05) is 9.64 Å². The highest BCUT2D eigenvalue weighted by Gasteiger charge is 2.21. The van der Waals surface area contributed by atoms with Crippen molar-refractivity contribution in [1.82, 2.24) is 9.88 Å². The van der Waals surface area contributed by atoms with Gasteiger partial charge in [0.05, 0.1) is 36.3 Å². The summed E-state index contributed by atoms with van der Waals surface area (Å²) < 4.78 is 29.5. The summed E-state index contributed by atoms with van der Waals surface area (Å²) in [5.41, 5.74) is 1.45. The van der Waals surface area contributed by atoms with Crippen LogP contribution in [0.4, 0.5) is 20.2 Å².